The zero-order chi connectivity index (χ0) is 20.3. The average molecular weight is 390 g/mol. The third-order valence-electron chi connectivity index (χ3n) is 10.2. The van der Waals surface area contributed by atoms with Crippen molar-refractivity contribution in [3.63, 3.8) is 0 Å². The first kappa shape index (κ1) is 20.4. The zero-order valence-electron chi connectivity index (χ0n) is 17.8. The average Bonchev–Trinajstić information content (AvgIpc) is 3.00. The molecule has 0 aromatic rings. The molecule has 4 aliphatic rings. The molecule has 1 N–H and O–H groups in total. The van der Waals surface area contributed by atoms with Gasteiger partial charge in [-0.3, -0.25) is 4.79 Å². The molecule has 0 spiro atoms. The highest BCUT2D eigenvalue weighted by Gasteiger charge is 2.63. The van der Waals surface area contributed by atoms with Crippen molar-refractivity contribution >= 4 is 11.8 Å². The Kier molecular flexibility index (Phi) is 5.17. The second kappa shape index (κ2) is 7.11. The summed E-state index contributed by atoms with van der Waals surface area (Å²) in [4.78, 5) is 23.0. The van der Waals surface area contributed by atoms with Gasteiger partial charge in [-0.25, -0.2) is 0 Å². The summed E-state index contributed by atoms with van der Waals surface area (Å²) in [5, 5.41) is 22.4. The molecule has 0 radical (unpaired) electrons. The number of carbonyl (C=O) groups is 2. The number of carboxylic acids is 1. The van der Waals surface area contributed by atoms with Crippen molar-refractivity contribution in [3.05, 3.63) is 0 Å². The van der Waals surface area contributed by atoms with Gasteiger partial charge in [0.1, 0.15) is 5.78 Å². The van der Waals surface area contributed by atoms with Crippen molar-refractivity contribution in [1.29, 1.82) is 0 Å². The van der Waals surface area contributed by atoms with Crippen LogP contribution in [0.15, 0.2) is 0 Å². The first-order valence-electron chi connectivity index (χ1n) is 11.6. The van der Waals surface area contributed by atoms with Crippen LogP contribution in [0.25, 0.3) is 0 Å². The van der Waals surface area contributed by atoms with E-state index in [0.717, 1.165) is 44.9 Å². The molecule has 0 aromatic carbocycles. The lowest BCUT2D eigenvalue weighted by Gasteiger charge is -2.62. The zero-order valence-corrected chi connectivity index (χ0v) is 17.8. The Morgan fingerprint density at radius 3 is 2.68 bits per heavy atom. The van der Waals surface area contributed by atoms with Gasteiger partial charge in [0.25, 0.3) is 0 Å². The molecule has 0 aliphatic heterocycles. The van der Waals surface area contributed by atoms with Crippen molar-refractivity contribution in [1.82, 2.24) is 0 Å². The summed E-state index contributed by atoms with van der Waals surface area (Å²) >= 11 is 0. The van der Waals surface area contributed by atoms with Crippen LogP contribution in [-0.4, -0.2) is 23.0 Å². The van der Waals surface area contributed by atoms with Gasteiger partial charge in [-0.05, 0) is 97.7 Å². The van der Waals surface area contributed by atoms with Crippen molar-refractivity contribution < 1.29 is 19.8 Å². The van der Waals surface area contributed by atoms with Crippen LogP contribution in [0.4, 0.5) is 0 Å². The molecular formula is C24H37O4-. The maximum absolute atomic E-state index is 12.0. The smallest absolute Gasteiger partial charge is 0.133 e. The Morgan fingerprint density at radius 2 is 1.96 bits per heavy atom. The fourth-order valence-corrected chi connectivity index (χ4v) is 8.52. The van der Waals surface area contributed by atoms with Gasteiger partial charge >= 0.3 is 0 Å². The Balaban J connectivity index is 1.57. The maximum Gasteiger partial charge on any atom is 0.133 e. The minimum Gasteiger partial charge on any atom is -0.550 e. The third-order valence-corrected chi connectivity index (χ3v) is 10.2. The number of hydrogen-bond donors (Lipinski definition) is 1. The number of aliphatic hydroxyl groups excluding tert-OH is 1. The summed E-state index contributed by atoms with van der Waals surface area (Å²) in [5.74, 6) is 2.40. The molecule has 28 heavy (non-hydrogen) atoms. The molecule has 0 heterocycles. The van der Waals surface area contributed by atoms with Crippen LogP contribution in [0.3, 0.4) is 0 Å². The van der Waals surface area contributed by atoms with E-state index >= 15 is 0 Å². The summed E-state index contributed by atoms with van der Waals surface area (Å²) in [6.07, 6.45) is 8.42. The van der Waals surface area contributed by atoms with Crippen LogP contribution >= 0.6 is 0 Å². The second-order valence-electron chi connectivity index (χ2n) is 11.1. The lowest BCUT2D eigenvalue weighted by molar-refractivity contribution is -0.306. The van der Waals surface area contributed by atoms with E-state index in [-0.39, 0.29) is 23.4 Å². The number of aliphatic hydroxyl groups is 1. The predicted molar refractivity (Wildman–Crippen MR) is 105 cm³/mol. The van der Waals surface area contributed by atoms with Gasteiger partial charge in [0.15, 0.2) is 0 Å². The highest BCUT2D eigenvalue weighted by molar-refractivity contribution is 5.79. The highest BCUT2D eigenvalue weighted by Crippen LogP contribution is 2.68. The van der Waals surface area contributed by atoms with E-state index in [1.807, 2.05) is 0 Å². The Hall–Kier alpha value is -0.900. The van der Waals surface area contributed by atoms with E-state index in [9.17, 15) is 19.8 Å². The quantitative estimate of drug-likeness (QED) is 0.800. The lowest BCUT2D eigenvalue weighted by Crippen LogP contribution is -2.58. The summed E-state index contributed by atoms with van der Waals surface area (Å²) in [6, 6.07) is 0. The SMILES string of the molecule is C[C@@H](CCC(=O)[O-])[C@H]1CC[C@H]2[C@H]3CC[C@@H]4CC(=O)CC[C@]4(C)[C@H]3C[C@H](O)[C@]12C. The molecule has 4 aliphatic carbocycles. The lowest BCUT2D eigenvalue weighted by atomic mass is 9.44. The summed E-state index contributed by atoms with van der Waals surface area (Å²) in [6.45, 7) is 6.88. The number of rotatable bonds is 4. The molecule has 4 nitrogen and oxygen atoms in total. The van der Waals surface area contributed by atoms with Crippen LogP contribution in [-0.2, 0) is 9.59 Å². The van der Waals surface area contributed by atoms with Crippen LogP contribution in [0.5, 0.6) is 0 Å². The molecule has 0 saturated heterocycles. The van der Waals surface area contributed by atoms with E-state index in [1.54, 1.807) is 0 Å². The van der Waals surface area contributed by atoms with Crippen LogP contribution < -0.4 is 5.11 Å². The monoisotopic (exact) mass is 389 g/mol. The summed E-state index contributed by atoms with van der Waals surface area (Å²) in [5.41, 5.74) is 0.109. The van der Waals surface area contributed by atoms with Crippen LogP contribution in [0, 0.1) is 46.3 Å². The molecular weight excluding hydrogens is 352 g/mol. The van der Waals surface area contributed by atoms with E-state index < -0.39 is 5.97 Å². The van der Waals surface area contributed by atoms with Gasteiger partial charge < -0.3 is 15.0 Å². The fourth-order valence-electron chi connectivity index (χ4n) is 8.52. The fraction of sp³-hybridized carbons (Fsp3) is 0.917. The summed E-state index contributed by atoms with van der Waals surface area (Å²) in [7, 11) is 0. The number of carboxylic acid groups (broad SMARTS) is 1. The van der Waals surface area contributed by atoms with Crippen LogP contribution in [0.1, 0.15) is 85.0 Å². The molecule has 4 heteroatoms. The van der Waals surface area contributed by atoms with E-state index in [2.05, 4.69) is 20.8 Å². The number of hydrogen-bond acceptors (Lipinski definition) is 4. The predicted octanol–water partition coefficient (Wildman–Crippen LogP) is 3.35. The Bertz CT molecular complexity index is 645. The molecule has 9 atom stereocenters. The van der Waals surface area contributed by atoms with E-state index in [4.69, 9.17) is 0 Å². The number of ketones is 1. The number of Topliss-reactive ketones (excluding diaryl/α,β-unsaturated/α-hetero) is 1. The minimum atomic E-state index is -0.964. The standard InChI is InChI=1S/C24H38O4/c1-14(4-9-22(27)28)18-7-8-19-17-6-5-15-12-16(25)10-11-23(15,2)20(17)13-21(26)24(18,19)3/h14-15,17-21,26H,4-13H2,1-3H3,(H,27,28)/p-1/t14-,15+,17+,18+,19-,20-,21-,23-,24+/m0/s1. The largest absolute Gasteiger partial charge is 0.550 e. The normalized spacial score (nSPS) is 49.1. The van der Waals surface area contributed by atoms with Crippen molar-refractivity contribution in [2.75, 3.05) is 0 Å². The number of fused-ring (bicyclic) bond motifs is 5. The van der Waals surface area contributed by atoms with Gasteiger partial charge in [-0.2, -0.15) is 0 Å². The van der Waals surface area contributed by atoms with Gasteiger partial charge in [0, 0.05) is 18.8 Å². The number of carbonyl (C=O) groups excluding carboxylic acids is 2. The van der Waals surface area contributed by atoms with Gasteiger partial charge in [-0.1, -0.05) is 20.8 Å². The van der Waals surface area contributed by atoms with Crippen molar-refractivity contribution in [2.45, 2.75) is 91.1 Å². The topological polar surface area (TPSA) is 77.4 Å². The van der Waals surface area contributed by atoms with Crippen molar-refractivity contribution in [2.24, 2.45) is 46.3 Å². The van der Waals surface area contributed by atoms with E-state index in [1.165, 1.54) is 6.42 Å². The number of aliphatic carboxylic acids is 1. The third kappa shape index (κ3) is 2.97. The Labute approximate surface area is 169 Å². The maximum atomic E-state index is 12.0. The van der Waals surface area contributed by atoms with E-state index in [0.29, 0.717) is 47.7 Å². The second-order valence-corrected chi connectivity index (χ2v) is 11.1. The molecule has 4 saturated carbocycles. The Morgan fingerprint density at radius 1 is 1.21 bits per heavy atom. The van der Waals surface area contributed by atoms with Gasteiger partial charge in [-0.15, -0.1) is 0 Å². The van der Waals surface area contributed by atoms with Gasteiger partial charge in [0.05, 0.1) is 6.10 Å². The first-order valence-corrected chi connectivity index (χ1v) is 11.6. The molecule has 0 unspecified atom stereocenters. The van der Waals surface area contributed by atoms with Crippen LogP contribution in [0.2, 0.25) is 0 Å². The molecule has 0 amide bonds. The highest BCUT2D eigenvalue weighted by atomic mass is 16.4. The molecule has 4 rings (SSSR count). The molecule has 0 bridgehead atoms. The molecule has 158 valence electrons. The molecule has 0 aromatic heterocycles. The first-order chi connectivity index (χ1) is 13.2. The van der Waals surface area contributed by atoms with Crippen molar-refractivity contribution in [3.8, 4) is 0 Å². The van der Waals surface area contributed by atoms with Gasteiger partial charge in [0.2, 0.25) is 0 Å². The summed E-state index contributed by atoms with van der Waals surface area (Å²) < 4.78 is 0. The minimum absolute atomic E-state index is 0.0970. The molecule has 4 fully saturated rings.